The normalized spacial score (nSPS) is 39.9. The number of epoxide rings is 1. The molecule has 0 bridgehead atoms. The predicted octanol–water partition coefficient (Wildman–Crippen LogP) is 4.19. The van der Waals surface area contributed by atoms with E-state index >= 15 is 0 Å². The second-order valence-corrected chi connectivity index (χ2v) is 12.9. The zero-order valence-electron chi connectivity index (χ0n) is 25.1. The molecule has 0 radical (unpaired) electrons. The predicted molar refractivity (Wildman–Crippen MR) is 144 cm³/mol. The van der Waals surface area contributed by atoms with Gasteiger partial charge in [-0.25, -0.2) is 0 Å². The lowest BCUT2D eigenvalue weighted by Gasteiger charge is -2.30. The fraction of sp³-hybridized carbons (Fsp3) is 1.00. The Balaban J connectivity index is 1.09. The Morgan fingerprint density at radius 2 is 1.25 bits per heavy atom. The molecule has 0 spiro atoms. The second kappa shape index (κ2) is 13.5. The van der Waals surface area contributed by atoms with Gasteiger partial charge in [0, 0.05) is 6.61 Å². The molecule has 0 saturated carbocycles. The van der Waals surface area contributed by atoms with Gasteiger partial charge in [-0.2, -0.15) is 0 Å². The molecular weight excluding hydrogens is 520 g/mol. The zero-order valence-corrected chi connectivity index (χ0v) is 25.1. The van der Waals surface area contributed by atoms with E-state index in [4.69, 9.17) is 42.6 Å². The van der Waals surface area contributed by atoms with Crippen LogP contribution in [0.1, 0.15) is 98.8 Å². The maximum atomic E-state index is 11.2. The minimum atomic E-state index is -0.950. The highest BCUT2D eigenvalue weighted by Gasteiger charge is 2.60. The molecule has 0 unspecified atom stereocenters. The van der Waals surface area contributed by atoms with E-state index in [1.807, 2.05) is 27.7 Å². The van der Waals surface area contributed by atoms with Crippen molar-refractivity contribution in [3.63, 3.8) is 0 Å². The highest BCUT2D eigenvalue weighted by Crippen LogP contribution is 2.43. The highest BCUT2D eigenvalue weighted by molar-refractivity contribution is 5.01. The molecule has 5 aliphatic rings. The molecule has 5 rings (SSSR count). The van der Waals surface area contributed by atoms with Crippen LogP contribution in [-0.2, 0) is 42.6 Å². The van der Waals surface area contributed by atoms with Gasteiger partial charge in [-0.05, 0) is 34.1 Å². The van der Waals surface area contributed by atoms with Crippen molar-refractivity contribution < 1.29 is 47.7 Å². The molecule has 232 valence electrons. The molecular formula is C30H52O10. The third kappa shape index (κ3) is 7.75. The van der Waals surface area contributed by atoms with Crippen LogP contribution in [0.4, 0.5) is 0 Å². The van der Waals surface area contributed by atoms with E-state index < -0.39 is 60.8 Å². The van der Waals surface area contributed by atoms with Gasteiger partial charge in [0.2, 0.25) is 0 Å². The molecule has 0 aliphatic carbocycles. The molecule has 0 aromatic carbocycles. The Morgan fingerprint density at radius 1 is 0.700 bits per heavy atom. The molecule has 5 aliphatic heterocycles. The Bertz CT molecular complexity index is 788. The van der Waals surface area contributed by atoms with Crippen LogP contribution in [0.5, 0.6) is 0 Å². The number of aliphatic hydroxyl groups excluding tert-OH is 1. The van der Waals surface area contributed by atoms with Crippen LogP contribution in [0.15, 0.2) is 0 Å². The van der Waals surface area contributed by atoms with Gasteiger partial charge in [0.25, 0.3) is 0 Å². The van der Waals surface area contributed by atoms with Crippen LogP contribution in [-0.4, -0.2) is 97.9 Å². The van der Waals surface area contributed by atoms with Crippen LogP contribution in [0.25, 0.3) is 0 Å². The molecule has 40 heavy (non-hydrogen) atoms. The number of unbranched alkanes of at least 4 members (excludes halogenated alkanes) is 9. The van der Waals surface area contributed by atoms with Crippen LogP contribution in [0.3, 0.4) is 0 Å². The lowest BCUT2D eigenvalue weighted by molar-refractivity contribution is -0.238. The first kappa shape index (κ1) is 31.0. The summed E-state index contributed by atoms with van der Waals surface area (Å²) in [4.78, 5) is 0. The van der Waals surface area contributed by atoms with Crippen LogP contribution in [0.2, 0.25) is 0 Å². The molecule has 5 saturated heterocycles. The van der Waals surface area contributed by atoms with E-state index in [1.54, 1.807) is 0 Å². The van der Waals surface area contributed by atoms with Gasteiger partial charge < -0.3 is 47.7 Å². The number of aliphatic hydroxyl groups is 1. The second-order valence-electron chi connectivity index (χ2n) is 12.9. The average Bonchev–Trinajstić information content (AvgIpc) is 3.42. The summed E-state index contributed by atoms with van der Waals surface area (Å²) in [5, 5.41) is 11.2. The number of hydrogen-bond acceptors (Lipinski definition) is 10. The van der Waals surface area contributed by atoms with Crippen LogP contribution in [0, 0.1) is 0 Å². The molecule has 1 N–H and O–H groups in total. The SMILES string of the molecule is CCCCCCCCCCCCO[C@@H]1[C@H]2OC(C)(C)O[C@H]2O[C@@H]1[C@H](O)CO[C@@H]1[C@H]2OC(C)(C)O[C@H]2O[C@@H]1[C@H]1CO1. The Labute approximate surface area is 239 Å². The summed E-state index contributed by atoms with van der Waals surface area (Å²) in [5.74, 6) is -1.52. The number of ether oxygens (including phenoxy) is 9. The third-order valence-electron chi connectivity index (χ3n) is 8.43. The lowest BCUT2D eigenvalue weighted by atomic mass is 10.0. The van der Waals surface area contributed by atoms with E-state index in [9.17, 15) is 5.11 Å². The van der Waals surface area contributed by atoms with Gasteiger partial charge in [-0.1, -0.05) is 64.7 Å². The van der Waals surface area contributed by atoms with Crippen molar-refractivity contribution in [2.24, 2.45) is 0 Å². The highest BCUT2D eigenvalue weighted by atomic mass is 16.9. The molecule has 10 nitrogen and oxygen atoms in total. The monoisotopic (exact) mass is 572 g/mol. The van der Waals surface area contributed by atoms with Gasteiger partial charge in [0.15, 0.2) is 24.2 Å². The smallest absolute Gasteiger partial charge is 0.190 e. The maximum absolute atomic E-state index is 11.2. The van der Waals surface area contributed by atoms with E-state index in [2.05, 4.69) is 6.92 Å². The van der Waals surface area contributed by atoms with Crippen molar-refractivity contribution in [3.05, 3.63) is 0 Å². The van der Waals surface area contributed by atoms with E-state index in [-0.39, 0.29) is 18.8 Å². The van der Waals surface area contributed by atoms with Crippen LogP contribution < -0.4 is 0 Å². The molecule has 0 aromatic heterocycles. The molecule has 5 heterocycles. The maximum Gasteiger partial charge on any atom is 0.190 e. The third-order valence-corrected chi connectivity index (χ3v) is 8.43. The molecule has 0 aromatic rings. The van der Waals surface area contributed by atoms with Crippen molar-refractivity contribution in [2.75, 3.05) is 19.8 Å². The summed E-state index contributed by atoms with van der Waals surface area (Å²) in [5.41, 5.74) is 0. The van der Waals surface area contributed by atoms with E-state index in [0.29, 0.717) is 13.2 Å². The van der Waals surface area contributed by atoms with Gasteiger partial charge in [0.1, 0.15) is 48.8 Å². The molecule has 0 amide bonds. The fourth-order valence-corrected chi connectivity index (χ4v) is 6.36. The van der Waals surface area contributed by atoms with Crippen molar-refractivity contribution in [1.29, 1.82) is 0 Å². The quantitative estimate of drug-likeness (QED) is 0.201. The van der Waals surface area contributed by atoms with Crippen molar-refractivity contribution in [3.8, 4) is 0 Å². The van der Waals surface area contributed by atoms with Gasteiger partial charge >= 0.3 is 0 Å². The first-order chi connectivity index (χ1) is 19.2. The summed E-state index contributed by atoms with van der Waals surface area (Å²) < 4.78 is 54.3. The average molecular weight is 573 g/mol. The molecule has 10 heteroatoms. The topological polar surface area (TPSA) is 107 Å². The lowest BCUT2D eigenvalue weighted by Crippen LogP contribution is -2.47. The van der Waals surface area contributed by atoms with Gasteiger partial charge in [-0.3, -0.25) is 0 Å². The van der Waals surface area contributed by atoms with Gasteiger partial charge in [-0.15, -0.1) is 0 Å². The standard InChI is InChI=1S/C30H52O10/c1-6-7-8-9-10-11-12-13-14-15-16-32-23-21(35-27-25(23)37-29(2,3)39-27)19(31)17-34-24-22(20-18-33-20)36-28-26(24)38-30(4,5)40-28/h19-28,31H,6-18H2,1-5H3/t19-,20-,21-,22-,23+,24+,25-,26-,27-,28-/m1/s1. The van der Waals surface area contributed by atoms with Crippen LogP contribution >= 0.6 is 0 Å². The Kier molecular flexibility index (Phi) is 10.5. The zero-order chi connectivity index (χ0) is 28.3. The fourth-order valence-electron chi connectivity index (χ4n) is 6.36. The number of hydrogen-bond donors (Lipinski definition) is 1. The van der Waals surface area contributed by atoms with E-state index in [0.717, 1.165) is 12.8 Å². The summed E-state index contributed by atoms with van der Waals surface area (Å²) in [6.07, 6.45) is 7.88. The molecule has 5 fully saturated rings. The summed E-state index contributed by atoms with van der Waals surface area (Å²) in [7, 11) is 0. The number of fused-ring (bicyclic) bond motifs is 2. The minimum absolute atomic E-state index is 0.0237. The molecule has 10 atom stereocenters. The number of rotatable bonds is 17. The van der Waals surface area contributed by atoms with Crippen molar-refractivity contribution >= 4 is 0 Å². The van der Waals surface area contributed by atoms with Crippen molar-refractivity contribution in [1.82, 2.24) is 0 Å². The summed E-state index contributed by atoms with van der Waals surface area (Å²) >= 11 is 0. The summed E-state index contributed by atoms with van der Waals surface area (Å²) in [6, 6.07) is 0. The van der Waals surface area contributed by atoms with Crippen molar-refractivity contribution in [2.45, 2.75) is 172 Å². The largest absolute Gasteiger partial charge is 0.388 e. The summed E-state index contributed by atoms with van der Waals surface area (Å²) in [6.45, 7) is 10.9. The minimum Gasteiger partial charge on any atom is -0.388 e. The van der Waals surface area contributed by atoms with E-state index in [1.165, 1.54) is 51.4 Å². The Hall–Kier alpha value is -0.400. The van der Waals surface area contributed by atoms with Gasteiger partial charge in [0.05, 0.1) is 13.2 Å². The first-order valence-corrected chi connectivity index (χ1v) is 15.7. The first-order valence-electron chi connectivity index (χ1n) is 15.7. The Morgan fingerprint density at radius 3 is 1.85 bits per heavy atom.